The number of carbonyl (C=O) groups excluding carboxylic acids is 2. The van der Waals surface area contributed by atoms with Crippen molar-refractivity contribution < 1.29 is 9.59 Å². The monoisotopic (exact) mass is 309 g/mol. The first-order valence-corrected chi connectivity index (χ1v) is 7.51. The van der Waals surface area contributed by atoms with Crippen molar-refractivity contribution >= 4 is 29.2 Å². The van der Waals surface area contributed by atoms with Gasteiger partial charge in [-0.15, -0.1) is 0 Å². The van der Waals surface area contributed by atoms with Gasteiger partial charge in [-0.05, 0) is 43.9 Å². The average molecular weight is 310 g/mol. The van der Waals surface area contributed by atoms with Crippen LogP contribution in [-0.2, 0) is 4.79 Å². The number of benzene rings is 1. The summed E-state index contributed by atoms with van der Waals surface area (Å²) in [6.07, 6.45) is 3.26. The number of halogens is 1. The van der Waals surface area contributed by atoms with Crippen molar-refractivity contribution in [3.63, 3.8) is 0 Å². The van der Waals surface area contributed by atoms with Crippen molar-refractivity contribution in [1.82, 2.24) is 10.6 Å². The van der Waals surface area contributed by atoms with E-state index in [1.165, 1.54) is 0 Å². The highest BCUT2D eigenvalue weighted by Crippen LogP contribution is 2.24. The van der Waals surface area contributed by atoms with Crippen molar-refractivity contribution in [2.45, 2.75) is 31.7 Å². The second-order valence-electron chi connectivity index (χ2n) is 5.27. The predicted octanol–water partition coefficient (Wildman–Crippen LogP) is 2.77. The standard InChI is InChI=1S/C15H20ClN3O2/c1-17-14(20)10-5-7-12(8-6-10)18-15(21)19-13-4-2-3-11(16)9-13/h2-4,9-10,12H,5-8H2,1H3,(H,17,20)(H2,18,19,21). The Morgan fingerprint density at radius 3 is 2.52 bits per heavy atom. The van der Waals surface area contributed by atoms with Crippen molar-refractivity contribution in [2.75, 3.05) is 12.4 Å². The highest BCUT2D eigenvalue weighted by Gasteiger charge is 2.26. The van der Waals surface area contributed by atoms with E-state index in [-0.39, 0.29) is 23.9 Å². The van der Waals surface area contributed by atoms with Gasteiger partial charge in [0.1, 0.15) is 0 Å². The summed E-state index contributed by atoms with van der Waals surface area (Å²) in [5, 5.41) is 8.96. The molecule has 21 heavy (non-hydrogen) atoms. The summed E-state index contributed by atoms with van der Waals surface area (Å²) < 4.78 is 0. The van der Waals surface area contributed by atoms with Gasteiger partial charge in [0.05, 0.1) is 0 Å². The molecule has 1 aromatic carbocycles. The Kier molecular flexibility index (Phi) is 5.44. The van der Waals surface area contributed by atoms with E-state index in [1.807, 2.05) is 0 Å². The van der Waals surface area contributed by atoms with Crippen LogP contribution in [0.25, 0.3) is 0 Å². The second-order valence-corrected chi connectivity index (χ2v) is 5.71. The Morgan fingerprint density at radius 1 is 1.19 bits per heavy atom. The first-order valence-electron chi connectivity index (χ1n) is 7.13. The van der Waals surface area contributed by atoms with E-state index in [0.717, 1.165) is 25.7 Å². The van der Waals surface area contributed by atoms with Gasteiger partial charge < -0.3 is 16.0 Å². The normalized spacial score (nSPS) is 21.4. The van der Waals surface area contributed by atoms with E-state index in [0.29, 0.717) is 10.7 Å². The van der Waals surface area contributed by atoms with Crippen LogP contribution in [0.2, 0.25) is 5.02 Å². The van der Waals surface area contributed by atoms with E-state index in [9.17, 15) is 9.59 Å². The van der Waals surface area contributed by atoms with E-state index in [1.54, 1.807) is 31.3 Å². The lowest BCUT2D eigenvalue weighted by molar-refractivity contribution is -0.125. The molecule has 0 heterocycles. The third-order valence-corrected chi connectivity index (χ3v) is 4.00. The summed E-state index contributed by atoms with van der Waals surface area (Å²) in [6.45, 7) is 0. The Labute approximate surface area is 129 Å². The molecule has 0 unspecified atom stereocenters. The zero-order chi connectivity index (χ0) is 15.2. The number of rotatable bonds is 3. The van der Waals surface area contributed by atoms with Crippen LogP contribution in [0.1, 0.15) is 25.7 Å². The minimum absolute atomic E-state index is 0.0732. The number of urea groups is 1. The fourth-order valence-electron chi connectivity index (χ4n) is 2.62. The van der Waals surface area contributed by atoms with Gasteiger partial charge in [-0.25, -0.2) is 4.79 Å². The van der Waals surface area contributed by atoms with Gasteiger partial charge in [-0.3, -0.25) is 4.79 Å². The lowest BCUT2D eigenvalue weighted by Gasteiger charge is -2.28. The first kappa shape index (κ1) is 15.6. The summed E-state index contributed by atoms with van der Waals surface area (Å²) in [5.41, 5.74) is 0.666. The van der Waals surface area contributed by atoms with Gasteiger partial charge in [0, 0.05) is 29.7 Å². The molecule has 0 aromatic heterocycles. The summed E-state index contributed by atoms with van der Waals surface area (Å²) in [4.78, 5) is 23.5. The molecule has 3 N–H and O–H groups in total. The fourth-order valence-corrected chi connectivity index (χ4v) is 2.81. The molecule has 0 atom stereocenters. The Morgan fingerprint density at radius 2 is 1.90 bits per heavy atom. The van der Waals surface area contributed by atoms with Crippen LogP contribution >= 0.6 is 11.6 Å². The van der Waals surface area contributed by atoms with E-state index in [4.69, 9.17) is 11.6 Å². The number of hydrogen-bond donors (Lipinski definition) is 3. The first-order chi connectivity index (χ1) is 10.1. The van der Waals surface area contributed by atoms with Crippen LogP contribution in [0.15, 0.2) is 24.3 Å². The molecule has 6 heteroatoms. The van der Waals surface area contributed by atoms with Gasteiger partial charge in [-0.1, -0.05) is 17.7 Å². The Balaban J connectivity index is 1.78. The maximum absolute atomic E-state index is 11.9. The maximum Gasteiger partial charge on any atom is 0.319 e. The topological polar surface area (TPSA) is 70.2 Å². The highest BCUT2D eigenvalue weighted by molar-refractivity contribution is 6.30. The molecule has 3 amide bonds. The van der Waals surface area contributed by atoms with Crippen LogP contribution in [0.4, 0.5) is 10.5 Å². The van der Waals surface area contributed by atoms with Crippen molar-refractivity contribution in [1.29, 1.82) is 0 Å². The van der Waals surface area contributed by atoms with E-state index < -0.39 is 0 Å². The fraction of sp³-hybridized carbons (Fsp3) is 0.467. The lowest BCUT2D eigenvalue weighted by Crippen LogP contribution is -2.42. The Bertz CT molecular complexity index is 513. The molecule has 0 spiro atoms. The summed E-state index contributed by atoms with van der Waals surface area (Å²) in [5.74, 6) is 0.167. The zero-order valence-electron chi connectivity index (χ0n) is 12.0. The molecule has 0 bridgehead atoms. The summed E-state index contributed by atoms with van der Waals surface area (Å²) in [7, 11) is 1.66. The molecule has 1 fully saturated rings. The molecule has 1 saturated carbocycles. The van der Waals surface area contributed by atoms with Crippen molar-refractivity contribution in [2.24, 2.45) is 5.92 Å². The van der Waals surface area contributed by atoms with Crippen LogP contribution in [0.5, 0.6) is 0 Å². The molecule has 1 aliphatic rings. The molecule has 1 aromatic rings. The second kappa shape index (κ2) is 7.31. The van der Waals surface area contributed by atoms with Gasteiger partial charge in [-0.2, -0.15) is 0 Å². The van der Waals surface area contributed by atoms with Crippen LogP contribution < -0.4 is 16.0 Å². The number of amides is 3. The SMILES string of the molecule is CNC(=O)C1CCC(NC(=O)Nc2cccc(Cl)c2)CC1. The maximum atomic E-state index is 11.9. The third kappa shape index (κ3) is 4.63. The van der Waals surface area contributed by atoms with E-state index in [2.05, 4.69) is 16.0 Å². The van der Waals surface area contributed by atoms with Gasteiger partial charge >= 0.3 is 6.03 Å². The van der Waals surface area contributed by atoms with Gasteiger partial charge in [0.2, 0.25) is 5.91 Å². The molecular weight excluding hydrogens is 290 g/mol. The molecular formula is C15H20ClN3O2. The van der Waals surface area contributed by atoms with Gasteiger partial charge in [0.25, 0.3) is 0 Å². The van der Waals surface area contributed by atoms with Gasteiger partial charge in [0.15, 0.2) is 0 Å². The number of anilines is 1. The Hall–Kier alpha value is -1.75. The average Bonchev–Trinajstić information content (AvgIpc) is 2.47. The van der Waals surface area contributed by atoms with Crippen LogP contribution in [0, 0.1) is 5.92 Å². The highest BCUT2D eigenvalue weighted by atomic mass is 35.5. The number of hydrogen-bond acceptors (Lipinski definition) is 2. The minimum atomic E-state index is -0.236. The third-order valence-electron chi connectivity index (χ3n) is 3.76. The van der Waals surface area contributed by atoms with Crippen molar-refractivity contribution in [3.05, 3.63) is 29.3 Å². The largest absolute Gasteiger partial charge is 0.359 e. The van der Waals surface area contributed by atoms with Crippen molar-refractivity contribution in [3.8, 4) is 0 Å². The molecule has 1 aliphatic carbocycles. The molecule has 0 saturated heterocycles. The smallest absolute Gasteiger partial charge is 0.319 e. The molecule has 2 rings (SSSR count). The summed E-state index contributed by atoms with van der Waals surface area (Å²) >= 11 is 5.87. The lowest BCUT2D eigenvalue weighted by atomic mass is 9.85. The van der Waals surface area contributed by atoms with Crippen LogP contribution in [-0.4, -0.2) is 25.0 Å². The molecule has 0 aliphatic heterocycles. The molecule has 5 nitrogen and oxygen atoms in total. The molecule has 114 valence electrons. The number of nitrogens with one attached hydrogen (secondary N) is 3. The quantitative estimate of drug-likeness (QED) is 0.803. The summed E-state index contributed by atoms with van der Waals surface area (Å²) in [6, 6.07) is 6.90. The number of carbonyl (C=O) groups is 2. The predicted molar refractivity (Wildman–Crippen MR) is 83.4 cm³/mol. The minimum Gasteiger partial charge on any atom is -0.359 e. The van der Waals surface area contributed by atoms with E-state index >= 15 is 0 Å². The van der Waals surface area contributed by atoms with Crippen LogP contribution in [0.3, 0.4) is 0 Å². The zero-order valence-corrected chi connectivity index (χ0v) is 12.7. The molecule has 0 radical (unpaired) electrons.